The molecule has 8 nitrogen and oxygen atoms in total. The van der Waals surface area contributed by atoms with Crippen molar-refractivity contribution in [2.45, 2.75) is 25.3 Å². The van der Waals surface area contributed by atoms with Crippen LogP contribution in [0.5, 0.6) is 0 Å². The summed E-state index contributed by atoms with van der Waals surface area (Å²) in [5.41, 5.74) is 5.19. The number of nitrogens with zero attached hydrogens (tertiary/aromatic N) is 2. The molecule has 2 atom stereocenters. The highest BCUT2D eigenvalue weighted by molar-refractivity contribution is 5.96. The number of hydrogen-bond donors (Lipinski definition) is 1. The summed E-state index contributed by atoms with van der Waals surface area (Å²) in [7, 11) is 2.87. The molecule has 1 amide bonds. The van der Waals surface area contributed by atoms with Crippen LogP contribution in [0.25, 0.3) is 11.1 Å². The van der Waals surface area contributed by atoms with Gasteiger partial charge in [0.05, 0.1) is 7.11 Å². The first-order valence-electron chi connectivity index (χ1n) is 13.0. The minimum atomic E-state index is -0.728. The summed E-state index contributed by atoms with van der Waals surface area (Å²) < 4.78 is 19.9. The van der Waals surface area contributed by atoms with E-state index in [-0.39, 0.29) is 29.7 Å². The number of benzene rings is 3. The number of carbonyl (C=O) groups is 2. The molecule has 1 N–H and O–H groups in total. The maximum atomic E-state index is 14.0. The van der Waals surface area contributed by atoms with Crippen molar-refractivity contribution >= 4 is 11.9 Å². The van der Waals surface area contributed by atoms with E-state index in [1.54, 1.807) is 37.5 Å². The Morgan fingerprint density at radius 1 is 0.951 bits per heavy atom. The van der Waals surface area contributed by atoms with E-state index in [0.29, 0.717) is 17.5 Å². The third-order valence-corrected chi connectivity index (χ3v) is 7.10. The van der Waals surface area contributed by atoms with Gasteiger partial charge in [-0.15, -0.1) is 0 Å². The molecule has 3 aromatic carbocycles. The zero-order valence-corrected chi connectivity index (χ0v) is 23.0. The van der Waals surface area contributed by atoms with Gasteiger partial charge in [-0.05, 0) is 77.1 Å². The summed E-state index contributed by atoms with van der Waals surface area (Å²) in [6, 6.07) is 21.7. The number of methoxy groups -OCH3 is 1. The zero-order valence-electron chi connectivity index (χ0n) is 23.0. The van der Waals surface area contributed by atoms with Crippen molar-refractivity contribution in [2.75, 3.05) is 13.7 Å². The SMILES string of the molecule is COC(=O)CNC(=O)c1ccc(-c2ccc(C(CC(N=O)c3ccc(=O)n(C)c3)c3ccc(F)cc3C)cc2)cc1. The molecule has 4 rings (SSSR count). The summed E-state index contributed by atoms with van der Waals surface area (Å²) in [5.74, 6) is -1.53. The number of nitroso groups, excluding NO2 is 1. The predicted octanol–water partition coefficient (Wildman–Crippen LogP) is 5.43. The van der Waals surface area contributed by atoms with Crippen LogP contribution in [0.1, 0.15) is 51.0 Å². The molecule has 41 heavy (non-hydrogen) atoms. The fraction of sp³-hybridized carbons (Fsp3) is 0.219. The maximum absolute atomic E-state index is 14.0. The molecule has 0 bridgehead atoms. The molecule has 2 unspecified atom stereocenters. The van der Waals surface area contributed by atoms with Gasteiger partial charge >= 0.3 is 5.97 Å². The van der Waals surface area contributed by atoms with Crippen molar-refractivity contribution in [3.63, 3.8) is 0 Å². The van der Waals surface area contributed by atoms with Crippen LogP contribution in [0.2, 0.25) is 0 Å². The molecule has 1 aromatic heterocycles. The van der Waals surface area contributed by atoms with Gasteiger partial charge in [-0.1, -0.05) is 47.6 Å². The number of amides is 1. The number of rotatable bonds is 10. The third kappa shape index (κ3) is 7.00. The lowest BCUT2D eigenvalue weighted by Gasteiger charge is -2.23. The molecular weight excluding hydrogens is 525 g/mol. The second-order valence-corrected chi connectivity index (χ2v) is 9.78. The Hall–Kier alpha value is -4.92. The Balaban J connectivity index is 1.61. The normalized spacial score (nSPS) is 12.3. The highest BCUT2D eigenvalue weighted by atomic mass is 19.1. The Kier molecular flexibility index (Phi) is 9.19. The molecule has 0 aliphatic carbocycles. The number of nitrogens with one attached hydrogen (secondary N) is 1. The van der Waals surface area contributed by atoms with Crippen molar-refractivity contribution in [1.82, 2.24) is 9.88 Å². The van der Waals surface area contributed by atoms with Crippen molar-refractivity contribution in [1.29, 1.82) is 0 Å². The van der Waals surface area contributed by atoms with Crippen LogP contribution >= 0.6 is 0 Å². The van der Waals surface area contributed by atoms with Gasteiger partial charge in [0.25, 0.3) is 5.91 Å². The van der Waals surface area contributed by atoms with E-state index < -0.39 is 12.0 Å². The molecule has 1 heterocycles. The van der Waals surface area contributed by atoms with E-state index in [1.165, 1.54) is 29.9 Å². The van der Waals surface area contributed by atoms with E-state index in [2.05, 4.69) is 15.2 Å². The smallest absolute Gasteiger partial charge is 0.325 e. The molecule has 210 valence electrons. The minimum Gasteiger partial charge on any atom is -0.468 e. The number of halogens is 1. The second-order valence-electron chi connectivity index (χ2n) is 9.78. The van der Waals surface area contributed by atoms with E-state index >= 15 is 0 Å². The highest BCUT2D eigenvalue weighted by Gasteiger charge is 2.24. The molecular formula is C32H30FN3O5. The van der Waals surface area contributed by atoms with E-state index in [1.807, 2.05) is 43.3 Å². The van der Waals surface area contributed by atoms with E-state index in [0.717, 1.165) is 27.8 Å². The molecule has 0 aliphatic rings. The van der Waals surface area contributed by atoms with Crippen molar-refractivity contribution < 1.29 is 18.7 Å². The monoisotopic (exact) mass is 555 g/mol. The number of ether oxygens (including phenoxy) is 1. The number of aromatic nitrogens is 1. The van der Waals surface area contributed by atoms with Crippen LogP contribution in [0, 0.1) is 17.6 Å². The summed E-state index contributed by atoms with van der Waals surface area (Å²) in [4.78, 5) is 47.4. The summed E-state index contributed by atoms with van der Waals surface area (Å²) in [6.45, 7) is 1.62. The standard InChI is InChI=1S/C32H30FN3O5/c1-20-16-26(33)13-14-27(20)28(17-29(35-40)25-12-15-30(37)36(2)19-25)23-8-4-21(5-9-23)22-6-10-24(11-7-22)32(39)34-18-31(38)41-3/h4-16,19,28-29H,17-18H2,1-3H3,(H,34,39). The van der Waals surface area contributed by atoms with Crippen LogP contribution in [0.15, 0.2) is 95.0 Å². The predicted molar refractivity (Wildman–Crippen MR) is 154 cm³/mol. The van der Waals surface area contributed by atoms with Gasteiger partial charge in [0, 0.05) is 30.8 Å². The van der Waals surface area contributed by atoms with Gasteiger partial charge in [-0.2, -0.15) is 4.91 Å². The molecule has 0 fully saturated rings. The Labute approximate surface area is 236 Å². The average Bonchev–Trinajstić information content (AvgIpc) is 2.98. The fourth-order valence-electron chi connectivity index (χ4n) is 4.80. The number of pyridine rings is 1. The fourth-order valence-corrected chi connectivity index (χ4v) is 4.80. The molecule has 0 aliphatic heterocycles. The first-order valence-corrected chi connectivity index (χ1v) is 13.0. The number of carbonyl (C=O) groups excluding carboxylic acids is 2. The number of hydrogen-bond acceptors (Lipinski definition) is 6. The minimum absolute atomic E-state index is 0.185. The molecule has 9 heteroatoms. The summed E-state index contributed by atoms with van der Waals surface area (Å²) >= 11 is 0. The molecule has 4 aromatic rings. The van der Waals surface area contributed by atoms with Gasteiger partial charge < -0.3 is 14.6 Å². The quantitative estimate of drug-likeness (QED) is 0.207. The Morgan fingerprint density at radius 2 is 1.59 bits per heavy atom. The third-order valence-electron chi connectivity index (χ3n) is 7.10. The van der Waals surface area contributed by atoms with E-state index in [4.69, 9.17) is 0 Å². The summed E-state index contributed by atoms with van der Waals surface area (Å²) in [6.07, 6.45) is 1.94. The van der Waals surface area contributed by atoms with Crippen LogP contribution in [0.3, 0.4) is 0 Å². The van der Waals surface area contributed by atoms with Gasteiger partial charge in [-0.3, -0.25) is 14.4 Å². The second kappa shape index (κ2) is 13.0. The molecule has 0 spiro atoms. The van der Waals surface area contributed by atoms with Crippen LogP contribution < -0.4 is 10.9 Å². The van der Waals surface area contributed by atoms with Crippen LogP contribution in [-0.4, -0.2) is 30.1 Å². The Bertz CT molecular complexity index is 1610. The number of aryl methyl sites for hydroxylation is 2. The lowest BCUT2D eigenvalue weighted by atomic mass is 9.82. The molecule has 0 radical (unpaired) electrons. The Morgan fingerprint density at radius 3 is 2.17 bits per heavy atom. The molecule has 0 saturated heterocycles. The maximum Gasteiger partial charge on any atom is 0.325 e. The first-order chi connectivity index (χ1) is 19.7. The first kappa shape index (κ1) is 29.1. The average molecular weight is 556 g/mol. The molecule has 0 saturated carbocycles. The number of esters is 1. The van der Waals surface area contributed by atoms with Crippen molar-refractivity contribution in [3.05, 3.63) is 134 Å². The van der Waals surface area contributed by atoms with Crippen molar-refractivity contribution in [3.8, 4) is 11.1 Å². The lowest BCUT2D eigenvalue weighted by molar-refractivity contribution is -0.139. The van der Waals surface area contributed by atoms with Gasteiger partial charge in [-0.25, -0.2) is 4.39 Å². The zero-order chi connectivity index (χ0) is 29.5. The summed E-state index contributed by atoms with van der Waals surface area (Å²) in [5, 5.41) is 5.89. The van der Waals surface area contributed by atoms with Crippen LogP contribution in [0.4, 0.5) is 4.39 Å². The van der Waals surface area contributed by atoms with E-state index in [9.17, 15) is 23.7 Å². The van der Waals surface area contributed by atoms with Gasteiger partial charge in [0.1, 0.15) is 18.4 Å². The van der Waals surface area contributed by atoms with Crippen molar-refractivity contribution in [2.24, 2.45) is 12.2 Å². The van der Waals surface area contributed by atoms with Gasteiger partial charge in [0.15, 0.2) is 0 Å². The van der Waals surface area contributed by atoms with Gasteiger partial charge in [0.2, 0.25) is 5.56 Å². The topological polar surface area (TPSA) is 107 Å². The largest absolute Gasteiger partial charge is 0.468 e. The highest BCUT2D eigenvalue weighted by Crippen LogP contribution is 2.38. The lowest BCUT2D eigenvalue weighted by Crippen LogP contribution is -2.30. The van der Waals surface area contributed by atoms with Crippen LogP contribution in [-0.2, 0) is 16.6 Å².